The Labute approximate surface area is 220 Å². The van der Waals surface area contributed by atoms with Gasteiger partial charge in [0.1, 0.15) is 0 Å². The molecule has 0 fully saturated rings. The van der Waals surface area contributed by atoms with Crippen LogP contribution in [0.25, 0.3) is 0 Å². The molecular formula is C25H29Cl2N5O2S. The Kier molecular flexibility index (Phi) is 9.21. The lowest BCUT2D eigenvalue weighted by molar-refractivity contribution is -0.113. The van der Waals surface area contributed by atoms with Gasteiger partial charge in [0.05, 0.1) is 22.4 Å². The zero-order chi connectivity index (χ0) is 25.7. The zero-order valence-electron chi connectivity index (χ0n) is 20.4. The number of hydrogen-bond donors (Lipinski definition) is 2. The lowest BCUT2D eigenvalue weighted by atomic mass is 10.0. The van der Waals surface area contributed by atoms with Gasteiger partial charge in [-0.2, -0.15) is 0 Å². The van der Waals surface area contributed by atoms with Crippen LogP contribution < -0.4 is 10.6 Å². The van der Waals surface area contributed by atoms with Crippen LogP contribution in [-0.4, -0.2) is 32.3 Å². The van der Waals surface area contributed by atoms with Crippen molar-refractivity contribution in [3.05, 3.63) is 69.0 Å². The van der Waals surface area contributed by atoms with Crippen LogP contribution in [0, 0.1) is 19.8 Å². The predicted octanol–water partition coefficient (Wildman–Crippen LogP) is 6.08. The number of aryl methyl sites for hydroxylation is 1. The Morgan fingerprint density at radius 1 is 1.11 bits per heavy atom. The molecule has 35 heavy (non-hydrogen) atoms. The van der Waals surface area contributed by atoms with Crippen LogP contribution in [0.15, 0.2) is 41.6 Å². The minimum absolute atomic E-state index is 0.0324. The number of rotatable bonds is 9. The molecule has 0 saturated carbocycles. The van der Waals surface area contributed by atoms with Gasteiger partial charge in [-0.05, 0) is 62.1 Å². The number of halogens is 2. The fourth-order valence-corrected chi connectivity index (χ4v) is 4.86. The number of carbonyl (C=O) groups is 2. The van der Waals surface area contributed by atoms with Gasteiger partial charge in [-0.25, -0.2) is 0 Å². The summed E-state index contributed by atoms with van der Waals surface area (Å²) in [7, 11) is 0. The largest absolute Gasteiger partial charge is 0.342 e. The Bertz CT molecular complexity index is 1230. The van der Waals surface area contributed by atoms with Gasteiger partial charge in [-0.3, -0.25) is 9.59 Å². The first kappa shape index (κ1) is 27.0. The van der Waals surface area contributed by atoms with Crippen molar-refractivity contribution >= 4 is 52.5 Å². The molecule has 2 amide bonds. The maximum absolute atomic E-state index is 13.0. The molecule has 3 aromatic rings. The Balaban J connectivity index is 1.74. The van der Waals surface area contributed by atoms with Gasteiger partial charge in [-0.15, -0.1) is 10.2 Å². The Morgan fingerprint density at radius 2 is 1.86 bits per heavy atom. The van der Waals surface area contributed by atoms with E-state index in [9.17, 15) is 9.59 Å². The summed E-state index contributed by atoms with van der Waals surface area (Å²) in [5.74, 6) is 0.397. The first-order chi connectivity index (χ1) is 16.6. The average molecular weight is 535 g/mol. The Hall–Kier alpha value is -2.55. The summed E-state index contributed by atoms with van der Waals surface area (Å²) in [5.41, 5.74) is 3.30. The predicted molar refractivity (Wildman–Crippen MR) is 142 cm³/mol. The second-order valence-corrected chi connectivity index (χ2v) is 10.3. The molecule has 1 aromatic heterocycles. The van der Waals surface area contributed by atoms with E-state index in [1.807, 2.05) is 57.4 Å². The number of carbonyl (C=O) groups excluding carboxylic acids is 2. The normalized spacial score (nSPS) is 12.0. The third-order valence-corrected chi connectivity index (χ3v) is 7.19. The van der Waals surface area contributed by atoms with Crippen molar-refractivity contribution < 1.29 is 9.59 Å². The first-order valence-corrected chi connectivity index (χ1v) is 13.0. The summed E-state index contributed by atoms with van der Waals surface area (Å²) in [5, 5.41) is 16.0. The van der Waals surface area contributed by atoms with Crippen molar-refractivity contribution in [2.45, 2.75) is 52.4 Å². The maximum atomic E-state index is 13.0. The van der Waals surface area contributed by atoms with Gasteiger partial charge in [-0.1, -0.05) is 60.9 Å². The smallest absolute Gasteiger partial charge is 0.253 e. The molecule has 0 aliphatic carbocycles. The van der Waals surface area contributed by atoms with E-state index in [1.54, 1.807) is 12.1 Å². The second kappa shape index (κ2) is 11.9. The van der Waals surface area contributed by atoms with Crippen LogP contribution in [0.5, 0.6) is 0 Å². The molecule has 0 bridgehead atoms. The molecule has 0 saturated heterocycles. The van der Waals surface area contributed by atoms with Crippen molar-refractivity contribution in [2.75, 3.05) is 11.1 Å². The lowest BCUT2D eigenvalue weighted by Gasteiger charge is -2.22. The standard InChI is InChI=1S/C25H29Cl2N5O2S/c1-6-32-23(22(14(2)3)29-24(34)18-11-10-17(26)12-19(18)27)30-31-25(32)35-13-21(33)28-20-9-7-8-15(4)16(20)5/h7-12,14,22H,6,13H2,1-5H3,(H,28,33)(H,29,34)/t22-/m1/s1. The highest BCUT2D eigenvalue weighted by molar-refractivity contribution is 7.99. The van der Waals surface area contributed by atoms with Crippen LogP contribution in [0.1, 0.15) is 54.1 Å². The quantitative estimate of drug-likeness (QED) is 0.325. The van der Waals surface area contributed by atoms with Crippen molar-refractivity contribution in [1.82, 2.24) is 20.1 Å². The first-order valence-electron chi connectivity index (χ1n) is 11.3. The molecule has 0 aliphatic rings. The summed E-state index contributed by atoms with van der Waals surface area (Å²) < 4.78 is 1.92. The third-order valence-electron chi connectivity index (χ3n) is 5.68. The van der Waals surface area contributed by atoms with E-state index in [-0.39, 0.29) is 28.5 Å². The molecule has 1 atom stereocenters. The monoisotopic (exact) mass is 533 g/mol. The number of aromatic nitrogens is 3. The molecule has 10 heteroatoms. The van der Waals surface area contributed by atoms with E-state index in [1.165, 1.54) is 17.8 Å². The summed E-state index contributed by atoms with van der Waals surface area (Å²) >= 11 is 13.5. The Morgan fingerprint density at radius 3 is 2.51 bits per heavy atom. The molecule has 0 radical (unpaired) electrons. The van der Waals surface area contributed by atoms with E-state index in [2.05, 4.69) is 20.8 Å². The number of nitrogens with zero attached hydrogens (tertiary/aromatic N) is 3. The van der Waals surface area contributed by atoms with Gasteiger partial charge in [0.25, 0.3) is 5.91 Å². The third kappa shape index (κ3) is 6.57. The number of benzene rings is 2. The summed E-state index contributed by atoms with van der Waals surface area (Å²) in [6.45, 7) is 10.5. The molecule has 3 rings (SSSR count). The van der Waals surface area contributed by atoms with Crippen LogP contribution in [-0.2, 0) is 11.3 Å². The van der Waals surface area contributed by atoms with Crippen molar-refractivity contribution in [3.8, 4) is 0 Å². The SMILES string of the molecule is CCn1c(SCC(=O)Nc2cccc(C)c2C)nnc1[C@H](NC(=O)c1ccc(Cl)cc1Cl)C(C)C. The summed E-state index contributed by atoms with van der Waals surface area (Å²) in [6.07, 6.45) is 0. The zero-order valence-corrected chi connectivity index (χ0v) is 22.7. The number of amides is 2. The second-order valence-electron chi connectivity index (χ2n) is 8.49. The van der Waals surface area contributed by atoms with E-state index < -0.39 is 6.04 Å². The molecule has 186 valence electrons. The van der Waals surface area contributed by atoms with Gasteiger partial charge < -0.3 is 15.2 Å². The molecule has 2 N–H and O–H groups in total. The minimum Gasteiger partial charge on any atom is -0.342 e. The average Bonchev–Trinajstić information content (AvgIpc) is 3.21. The number of nitrogens with one attached hydrogen (secondary N) is 2. The highest BCUT2D eigenvalue weighted by Crippen LogP contribution is 2.27. The molecule has 2 aromatic carbocycles. The van der Waals surface area contributed by atoms with Crippen LogP contribution in [0.2, 0.25) is 10.0 Å². The molecule has 0 unspecified atom stereocenters. The number of thioether (sulfide) groups is 1. The van der Waals surface area contributed by atoms with Gasteiger partial charge in [0.2, 0.25) is 5.91 Å². The molecule has 7 nitrogen and oxygen atoms in total. The molecule has 0 spiro atoms. The highest BCUT2D eigenvalue weighted by Gasteiger charge is 2.27. The van der Waals surface area contributed by atoms with Crippen molar-refractivity contribution in [3.63, 3.8) is 0 Å². The minimum atomic E-state index is -0.403. The summed E-state index contributed by atoms with van der Waals surface area (Å²) in [6, 6.07) is 10.2. The summed E-state index contributed by atoms with van der Waals surface area (Å²) in [4.78, 5) is 25.5. The van der Waals surface area contributed by atoms with Crippen molar-refractivity contribution in [1.29, 1.82) is 0 Å². The van der Waals surface area contributed by atoms with Crippen LogP contribution in [0.4, 0.5) is 5.69 Å². The fourth-order valence-electron chi connectivity index (χ4n) is 3.56. The van der Waals surface area contributed by atoms with E-state index in [4.69, 9.17) is 23.2 Å². The number of hydrogen-bond acceptors (Lipinski definition) is 5. The van der Waals surface area contributed by atoms with Crippen LogP contribution >= 0.6 is 35.0 Å². The highest BCUT2D eigenvalue weighted by atomic mass is 35.5. The molecule has 1 heterocycles. The van der Waals surface area contributed by atoms with Crippen LogP contribution in [0.3, 0.4) is 0 Å². The molecule has 0 aliphatic heterocycles. The lowest BCUT2D eigenvalue weighted by Crippen LogP contribution is -2.34. The van der Waals surface area contributed by atoms with Gasteiger partial charge >= 0.3 is 0 Å². The molecular weight excluding hydrogens is 505 g/mol. The van der Waals surface area contributed by atoms with E-state index in [0.717, 1.165) is 16.8 Å². The topological polar surface area (TPSA) is 88.9 Å². The fraction of sp³-hybridized carbons (Fsp3) is 0.360. The van der Waals surface area contributed by atoms with E-state index >= 15 is 0 Å². The van der Waals surface area contributed by atoms with E-state index in [0.29, 0.717) is 28.1 Å². The number of anilines is 1. The van der Waals surface area contributed by atoms with Gasteiger partial charge in [0, 0.05) is 17.3 Å². The maximum Gasteiger partial charge on any atom is 0.253 e. The van der Waals surface area contributed by atoms with Gasteiger partial charge in [0.15, 0.2) is 11.0 Å². The van der Waals surface area contributed by atoms with Crippen molar-refractivity contribution in [2.24, 2.45) is 5.92 Å².